The van der Waals surface area contributed by atoms with E-state index in [9.17, 15) is 10.1 Å². The first-order valence-corrected chi connectivity index (χ1v) is 11.3. The summed E-state index contributed by atoms with van der Waals surface area (Å²) in [5, 5.41) is 15.9. The molecule has 0 radical (unpaired) electrons. The van der Waals surface area contributed by atoms with Crippen LogP contribution in [0.25, 0.3) is 6.08 Å². The lowest BCUT2D eigenvalue weighted by atomic mass is 10.00. The second-order valence-corrected chi connectivity index (χ2v) is 9.72. The molecule has 176 valence electrons. The largest absolute Gasteiger partial charge is 0.384 e. The Hall–Kier alpha value is -2.40. The second-order valence-electron chi connectivity index (χ2n) is 9.72. The summed E-state index contributed by atoms with van der Waals surface area (Å²) in [5.74, 6) is -0.374. The van der Waals surface area contributed by atoms with Gasteiger partial charge in [-0.1, -0.05) is 12.1 Å². The number of anilines is 1. The van der Waals surface area contributed by atoms with Gasteiger partial charge >= 0.3 is 0 Å². The molecule has 0 spiro atoms. The molecule has 1 heterocycles. The molecule has 0 aromatic heterocycles. The summed E-state index contributed by atoms with van der Waals surface area (Å²) in [6.45, 7) is 15.8. The molecule has 1 aliphatic heterocycles. The number of rotatable bonds is 10. The molecule has 1 fully saturated rings. The second kappa shape index (κ2) is 12.0. The van der Waals surface area contributed by atoms with Crippen LogP contribution < -0.4 is 10.6 Å². The van der Waals surface area contributed by atoms with E-state index in [1.54, 1.807) is 6.08 Å². The smallest absolute Gasteiger partial charge is 0.262 e. The lowest BCUT2D eigenvalue weighted by Crippen LogP contribution is -2.45. The number of carbonyl (C=O) groups is 1. The molecule has 0 bridgehead atoms. The van der Waals surface area contributed by atoms with Gasteiger partial charge in [-0.25, -0.2) is 0 Å². The molecule has 0 aliphatic carbocycles. The predicted molar refractivity (Wildman–Crippen MR) is 128 cm³/mol. The van der Waals surface area contributed by atoms with Crippen molar-refractivity contribution >= 4 is 17.7 Å². The highest BCUT2D eigenvalue weighted by molar-refractivity contribution is 6.02. The summed E-state index contributed by atoms with van der Waals surface area (Å²) >= 11 is 0. The average molecular weight is 443 g/mol. The van der Waals surface area contributed by atoms with Crippen LogP contribution in [0.5, 0.6) is 0 Å². The molecule has 0 atom stereocenters. The van der Waals surface area contributed by atoms with E-state index < -0.39 is 5.54 Å². The minimum absolute atomic E-state index is 0.0860. The standard InChI is InChI=1S/C25H38N4O3/c1-24(2,3)32-15-10-25(4,5)28-23(30)21(19-26)18-20-6-8-22(9-7-20)27-11-12-29-13-16-31-17-14-29/h6-9,18,27H,10-17H2,1-5H3,(H,28,30). The van der Waals surface area contributed by atoms with Gasteiger partial charge in [0.15, 0.2) is 0 Å². The number of benzene rings is 1. The van der Waals surface area contributed by atoms with Crippen LogP contribution in [0.1, 0.15) is 46.6 Å². The van der Waals surface area contributed by atoms with Crippen LogP contribution in [0.3, 0.4) is 0 Å². The van der Waals surface area contributed by atoms with Crippen LogP contribution in [0.4, 0.5) is 5.69 Å². The summed E-state index contributed by atoms with van der Waals surface area (Å²) in [7, 11) is 0. The molecule has 32 heavy (non-hydrogen) atoms. The van der Waals surface area contributed by atoms with Crippen molar-refractivity contribution in [2.45, 2.75) is 52.2 Å². The monoisotopic (exact) mass is 442 g/mol. The quantitative estimate of drug-likeness (QED) is 0.426. The lowest BCUT2D eigenvalue weighted by Gasteiger charge is -2.28. The van der Waals surface area contributed by atoms with Gasteiger partial charge in [-0.15, -0.1) is 0 Å². The van der Waals surface area contributed by atoms with Gasteiger partial charge in [0.1, 0.15) is 11.6 Å². The highest BCUT2D eigenvalue weighted by Gasteiger charge is 2.23. The Labute approximate surface area is 192 Å². The molecule has 1 aromatic rings. The van der Waals surface area contributed by atoms with Crippen molar-refractivity contribution in [3.05, 3.63) is 35.4 Å². The minimum atomic E-state index is -0.480. The maximum absolute atomic E-state index is 12.6. The van der Waals surface area contributed by atoms with Crippen molar-refractivity contribution in [1.29, 1.82) is 5.26 Å². The molecule has 7 heteroatoms. The molecule has 1 amide bonds. The molecule has 2 N–H and O–H groups in total. The number of hydrogen-bond acceptors (Lipinski definition) is 6. The molecule has 2 rings (SSSR count). The van der Waals surface area contributed by atoms with Crippen LogP contribution in [0.2, 0.25) is 0 Å². The fraction of sp³-hybridized carbons (Fsp3) is 0.600. The van der Waals surface area contributed by atoms with Gasteiger partial charge in [0.2, 0.25) is 0 Å². The van der Waals surface area contributed by atoms with E-state index in [0.717, 1.165) is 50.6 Å². The summed E-state index contributed by atoms with van der Waals surface area (Å²) in [5.41, 5.74) is 1.21. The Morgan fingerprint density at radius 1 is 1.19 bits per heavy atom. The molecule has 1 saturated heterocycles. The van der Waals surface area contributed by atoms with Crippen LogP contribution in [-0.4, -0.2) is 67.9 Å². The Kier molecular flexibility index (Phi) is 9.70. The van der Waals surface area contributed by atoms with E-state index in [1.165, 1.54) is 0 Å². The average Bonchev–Trinajstić information content (AvgIpc) is 2.72. The number of carbonyl (C=O) groups excluding carboxylic acids is 1. The molecule has 7 nitrogen and oxygen atoms in total. The fourth-order valence-electron chi connectivity index (χ4n) is 3.25. The van der Waals surface area contributed by atoms with Crippen molar-refractivity contribution < 1.29 is 14.3 Å². The first-order chi connectivity index (χ1) is 15.1. The van der Waals surface area contributed by atoms with Crippen LogP contribution >= 0.6 is 0 Å². The normalized spacial score (nSPS) is 15.8. The zero-order valence-electron chi connectivity index (χ0n) is 20.2. The molecule has 1 aromatic carbocycles. The number of nitrogens with one attached hydrogen (secondary N) is 2. The molecule has 1 aliphatic rings. The number of hydrogen-bond donors (Lipinski definition) is 2. The van der Waals surface area contributed by atoms with Gasteiger partial charge in [-0.3, -0.25) is 9.69 Å². The van der Waals surface area contributed by atoms with E-state index in [-0.39, 0.29) is 17.1 Å². The van der Waals surface area contributed by atoms with Crippen molar-refractivity contribution in [2.75, 3.05) is 51.3 Å². The molecule has 0 saturated carbocycles. The van der Waals surface area contributed by atoms with Gasteiger partial charge in [0.05, 0.1) is 18.8 Å². The number of ether oxygens (including phenoxy) is 2. The van der Waals surface area contributed by atoms with Crippen LogP contribution in [-0.2, 0) is 14.3 Å². The first-order valence-electron chi connectivity index (χ1n) is 11.3. The number of nitriles is 1. The van der Waals surface area contributed by atoms with Gasteiger partial charge in [-0.05, 0) is 64.8 Å². The van der Waals surface area contributed by atoms with E-state index >= 15 is 0 Å². The number of nitrogens with zero attached hydrogens (tertiary/aromatic N) is 2. The zero-order valence-corrected chi connectivity index (χ0v) is 20.2. The van der Waals surface area contributed by atoms with E-state index in [0.29, 0.717) is 13.0 Å². The SMILES string of the molecule is CC(C)(CCOC(C)(C)C)NC(=O)C(C#N)=Cc1ccc(NCCN2CCOCC2)cc1. The van der Waals surface area contributed by atoms with Crippen LogP contribution in [0.15, 0.2) is 29.8 Å². The van der Waals surface area contributed by atoms with Gasteiger partial charge in [0.25, 0.3) is 5.91 Å². The van der Waals surface area contributed by atoms with E-state index in [2.05, 4.69) is 15.5 Å². The number of morpholine rings is 1. The lowest BCUT2D eigenvalue weighted by molar-refractivity contribution is -0.118. The predicted octanol–water partition coefficient (Wildman–Crippen LogP) is 3.44. The summed E-state index contributed by atoms with van der Waals surface area (Å²) in [4.78, 5) is 15.0. The molecular weight excluding hydrogens is 404 g/mol. The highest BCUT2D eigenvalue weighted by Crippen LogP contribution is 2.16. The summed E-state index contributed by atoms with van der Waals surface area (Å²) in [6.07, 6.45) is 2.27. The van der Waals surface area contributed by atoms with E-state index in [1.807, 2.05) is 65.0 Å². The highest BCUT2D eigenvalue weighted by atomic mass is 16.5. The number of amides is 1. The summed E-state index contributed by atoms with van der Waals surface area (Å²) < 4.78 is 11.1. The summed E-state index contributed by atoms with van der Waals surface area (Å²) in [6, 6.07) is 9.77. The van der Waals surface area contributed by atoms with Gasteiger partial charge in [-0.2, -0.15) is 5.26 Å². The Morgan fingerprint density at radius 3 is 2.44 bits per heavy atom. The Balaban J connectivity index is 1.86. The van der Waals surface area contributed by atoms with Gasteiger partial charge in [0, 0.05) is 44.0 Å². The maximum Gasteiger partial charge on any atom is 0.262 e. The fourth-order valence-corrected chi connectivity index (χ4v) is 3.25. The third-order valence-corrected chi connectivity index (χ3v) is 5.16. The Bertz CT molecular complexity index is 798. The maximum atomic E-state index is 12.6. The van der Waals surface area contributed by atoms with Crippen molar-refractivity contribution in [1.82, 2.24) is 10.2 Å². The van der Waals surface area contributed by atoms with Crippen molar-refractivity contribution in [3.63, 3.8) is 0 Å². The topological polar surface area (TPSA) is 86.6 Å². The molecule has 0 unspecified atom stereocenters. The minimum Gasteiger partial charge on any atom is -0.384 e. The van der Waals surface area contributed by atoms with E-state index in [4.69, 9.17) is 9.47 Å². The third kappa shape index (κ3) is 9.82. The first kappa shape index (κ1) is 25.9. The zero-order chi connectivity index (χ0) is 23.6. The van der Waals surface area contributed by atoms with Crippen molar-refractivity contribution in [2.24, 2.45) is 0 Å². The van der Waals surface area contributed by atoms with Gasteiger partial charge < -0.3 is 20.1 Å². The van der Waals surface area contributed by atoms with Crippen LogP contribution in [0, 0.1) is 11.3 Å². The van der Waals surface area contributed by atoms with Crippen molar-refractivity contribution in [3.8, 4) is 6.07 Å². The third-order valence-electron chi connectivity index (χ3n) is 5.16. The molecular formula is C25H38N4O3. The Morgan fingerprint density at radius 2 is 1.84 bits per heavy atom.